The van der Waals surface area contributed by atoms with E-state index < -0.39 is 97.5 Å². The molecule has 0 saturated heterocycles. The summed E-state index contributed by atoms with van der Waals surface area (Å²) in [7, 11) is -9.92. The van der Waals surface area contributed by atoms with Gasteiger partial charge in [-0.05, 0) is 49.4 Å². The number of ether oxygens (including phenoxy) is 4. The van der Waals surface area contributed by atoms with Crippen LogP contribution in [0.2, 0.25) is 0 Å². The highest BCUT2D eigenvalue weighted by atomic mass is 31.2. The SMILES string of the molecule is CC(C)CCCCCCCCCCCCCCCCC(=O)OC[C@H](COP(=O)(O)OCC(O)COP(=O)(O)OC[C@@H](COC(=O)CCCCCCCCCC(C)C)OC(=O)CCCCCCCCCCCCCCC(C)C)OC(=O)CCCCCCCCCCCCCC(C)C. The number of hydrogen-bond acceptors (Lipinski definition) is 15. The van der Waals surface area contributed by atoms with E-state index in [1.807, 2.05) is 0 Å². The van der Waals surface area contributed by atoms with Gasteiger partial charge in [-0.1, -0.05) is 338 Å². The first-order valence-corrected chi connectivity index (χ1v) is 42.7. The Bertz CT molecular complexity index is 1880. The molecule has 96 heavy (non-hydrogen) atoms. The highest BCUT2D eigenvalue weighted by Crippen LogP contribution is 2.45. The first kappa shape index (κ1) is 94.1. The molecule has 19 heteroatoms. The van der Waals surface area contributed by atoms with Crippen molar-refractivity contribution >= 4 is 39.5 Å². The van der Waals surface area contributed by atoms with Gasteiger partial charge >= 0.3 is 39.5 Å². The van der Waals surface area contributed by atoms with Gasteiger partial charge in [0.05, 0.1) is 26.4 Å². The summed E-state index contributed by atoms with van der Waals surface area (Å²) in [6.45, 7) is 14.2. The van der Waals surface area contributed by atoms with Crippen LogP contribution >= 0.6 is 15.6 Å². The van der Waals surface area contributed by atoms with Gasteiger partial charge in [-0.25, -0.2) is 9.13 Å². The van der Waals surface area contributed by atoms with Crippen LogP contribution in [0.1, 0.15) is 389 Å². The fourth-order valence-electron chi connectivity index (χ4n) is 11.7. The molecule has 0 saturated carbocycles. The van der Waals surface area contributed by atoms with Crippen LogP contribution in [-0.4, -0.2) is 96.7 Å². The summed E-state index contributed by atoms with van der Waals surface area (Å²) in [6, 6.07) is 0. The summed E-state index contributed by atoms with van der Waals surface area (Å²) in [5, 5.41) is 10.6. The Hall–Kier alpha value is -1.94. The van der Waals surface area contributed by atoms with Gasteiger partial charge in [0.1, 0.15) is 19.3 Å². The highest BCUT2D eigenvalue weighted by Gasteiger charge is 2.30. The van der Waals surface area contributed by atoms with E-state index in [-0.39, 0.29) is 25.7 Å². The third-order valence-corrected chi connectivity index (χ3v) is 19.7. The van der Waals surface area contributed by atoms with Crippen LogP contribution in [-0.2, 0) is 65.4 Å². The van der Waals surface area contributed by atoms with E-state index in [2.05, 4.69) is 55.4 Å². The standard InChI is InChI=1S/C77H150O17P2/c1-67(2)53-45-37-29-22-16-11-9-10-12-19-25-33-41-49-57-74(79)87-63-72(93-77(82)60-52-44-35-27-21-15-18-24-31-39-47-55-69(5)6)65-91-95(83,84)89-61-71(78)62-90-96(85,86)92-66-73(64-88-75(80)58-50-42-36-28-32-40-48-56-70(7)8)94-76(81)59-51-43-34-26-20-14-13-17-23-30-38-46-54-68(3)4/h67-73,78H,9-66H2,1-8H3,(H,83,84)(H,85,86)/t71?,72-,73-/m1/s1. The van der Waals surface area contributed by atoms with Crippen molar-refractivity contribution in [2.45, 2.75) is 408 Å². The molecule has 17 nitrogen and oxygen atoms in total. The van der Waals surface area contributed by atoms with Crippen molar-refractivity contribution < 1.29 is 80.2 Å². The fourth-order valence-corrected chi connectivity index (χ4v) is 13.3. The summed E-state index contributed by atoms with van der Waals surface area (Å²) in [5.74, 6) is 0.927. The van der Waals surface area contributed by atoms with Gasteiger partial charge in [-0.3, -0.25) is 37.3 Å². The lowest BCUT2D eigenvalue weighted by Crippen LogP contribution is -2.30. The van der Waals surface area contributed by atoms with E-state index in [0.29, 0.717) is 31.6 Å². The second kappa shape index (κ2) is 66.3. The van der Waals surface area contributed by atoms with E-state index in [4.69, 9.17) is 37.0 Å². The Labute approximate surface area is 588 Å². The number of phosphoric acid groups is 2. The Kier molecular flexibility index (Phi) is 65.0. The molecule has 0 aromatic heterocycles. The van der Waals surface area contributed by atoms with Crippen LogP contribution in [0.4, 0.5) is 0 Å². The zero-order valence-corrected chi connectivity index (χ0v) is 64.8. The van der Waals surface area contributed by atoms with Crippen LogP contribution < -0.4 is 0 Å². The topological polar surface area (TPSA) is 237 Å². The number of carbonyl (C=O) groups excluding carboxylic acids is 4. The third-order valence-electron chi connectivity index (χ3n) is 17.8. The summed E-state index contributed by atoms with van der Waals surface area (Å²) >= 11 is 0. The lowest BCUT2D eigenvalue weighted by atomic mass is 10.0. The lowest BCUT2D eigenvalue weighted by molar-refractivity contribution is -0.161. The molecule has 0 amide bonds. The maximum Gasteiger partial charge on any atom is 0.472 e. The molecule has 3 N–H and O–H groups in total. The maximum absolute atomic E-state index is 13.1. The second-order valence-corrected chi connectivity index (χ2v) is 32.6. The molecule has 3 unspecified atom stereocenters. The van der Waals surface area contributed by atoms with Gasteiger partial charge in [-0.15, -0.1) is 0 Å². The average molecular weight is 1410 g/mol. The zero-order valence-electron chi connectivity index (χ0n) is 63.0. The number of aliphatic hydroxyl groups excluding tert-OH is 1. The fraction of sp³-hybridized carbons (Fsp3) is 0.948. The molecule has 0 aliphatic carbocycles. The minimum atomic E-state index is -4.96. The van der Waals surface area contributed by atoms with E-state index in [9.17, 15) is 43.2 Å². The number of esters is 4. The predicted molar refractivity (Wildman–Crippen MR) is 391 cm³/mol. The molecule has 0 aromatic carbocycles. The van der Waals surface area contributed by atoms with Gasteiger partial charge in [-0.2, -0.15) is 0 Å². The first-order chi connectivity index (χ1) is 46.1. The zero-order chi connectivity index (χ0) is 71.0. The minimum absolute atomic E-state index is 0.106. The van der Waals surface area contributed by atoms with E-state index in [1.165, 1.54) is 186 Å². The van der Waals surface area contributed by atoms with Crippen molar-refractivity contribution in [2.75, 3.05) is 39.6 Å². The molecular weight excluding hydrogens is 1260 g/mol. The van der Waals surface area contributed by atoms with Gasteiger partial charge in [0.25, 0.3) is 0 Å². The van der Waals surface area contributed by atoms with Crippen molar-refractivity contribution in [3.8, 4) is 0 Å². The van der Waals surface area contributed by atoms with Crippen LogP contribution in [0.25, 0.3) is 0 Å². The molecule has 570 valence electrons. The molecule has 0 aromatic rings. The van der Waals surface area contributed by atoms with Crippen molar-refractivity contribution in [3.63, 3.8) is 0 Å². The molecule has 0 aliphatic rings. The smallest absolute Gasteiger partial charge is 0.462 e. The first-order valence-electron chi connectivity index (χ1n) is 39.7. The van der Waals surface area contributed by atoms with Crippen molar-refractivity contribution in [3.05, 3.63) is 0 Å². The summed E-state index contributed by atoms with van der Waals surface area (Å²) in [5.41, 5.74) is 0. The Balaban J connectivity index is 5.25. The quantitative estimate of drug-likeness (QED) is 0.0222. The van der Waals surface area contributed by atoms with Gasteiger partial charge in [0.2, 0.25) is 0 Å². The van der Waals surface area contributed by atoms with Crippen molar-refractivity contribution in [2.24, 2.45) is 23.7 Å². The normalized spacial score (nSPS) is 14.1. The Morgan fingerprint density at radius 2 is 0.438 bits per heavy atom. The Morgan fingerprint density at radius 3 is 0.646 bits per heavy atom. The summed E-state index contributed by atoms with van der Waals surface area (Å²) < 4.78 is 68.6. The predicted octanol–water partition coefficient (Wildman–Crippen LogP) is 22.4. The maximum atomic E-state index is 13.1. The molecule has 0 radical (unpaired) electrons. The molecule has 5 atom stereocenters. The number of aliphatic hydroxyl groups is 1. The number of hydrogen-bond donors (Lipinski definition) is 3. The third kappa shape index (κ3) is 70.5. The minimum Gasteiger partial charge on any atom is -0.462 e. The van der Waals surface area contributed by atoms with Crippen LogP contribution in [0.15, 0.2) is 0 Å². The molecule has 0 rings (SSSR count). The largest absolute Gasteiger partial charge is 0.472 e. The monoisotopic (exact) mass is 1410 g/mol. The summed E-state index contributed by atoms with van der Waals surface area (Å²) in [4.78, 5) is 72.9. The molecule has 0 spiro atoms. The number of unbranched alkanes of at least 4 members (excludes halogenated alkanes) is 40. The van der Waals surface area contributed by atoms with E-state index >= 15 is 0 Å². The second-order valence-electron chi connectivity index (χ2n) is 29.7. The molecule has 0 aliphatic heterocycles. The van der Waals surface area contributed by atoms with Crippen LogP contribution in [0.5, 0.6) is 0 Å². The molecular formula is C77H150O17P2. The molecule has 0 heterocycles. The van der Waals surface area contributed by atoms with E-state index in [1.54, 1.807) is 0 Å². The Morgan fingerprint density at radius 1 is 0.260 bits per heavy atom. The number of rotatable bonds is 74. The van der Waals surface area contributed by atoms with Gasteiger partial charge in [0, 0.05) is 25.7 Å². The highest BCUT2D eigenvalue weighted by molar-refractivity contribution is 7.47. The van der Waals surface area contributed by atoms with Crippen LogP contribution in [0.3, 0.4) is 0 Å². The van der Waals surface area contributed by atoms with E-state index in [0.717, 1.165) is 114 Å². The average Bonchev–Trinajstić information content (AvgIpc) is 2.20. The van der Waals surface area contributed by atoms with Crippen LogP contribution in [0, 0.1) is 23.7 Å². The summed E-state index contributed by atoms with van der Waals surface area (Å²) in [6.07, 6.45) is 51.4. The van der Waals surface area contributed by atoms with Crippen molar-refractivity contribution in [1.82, 2.24) is 0 Å². The number of phosphoric ester groups is 2. The van der Waals surface area contributed by atoms with Crippen molar-refractivity contribution in [1.29, 1.82) is 0 Å². The molecule has 0 bridgehead atoms. The molecule has 0 fully saturated rings. The lowest BCUT2D eigenvalue weighted by Gasteiger charge is -2.21. The van der Waals surface area contributed by atoms with Gasteiger partial charge in [0.15, 0.2) is 12.2 Å². The number of carbonyl (C=O) groups is 4. The van der Waals surface area contributed by atoms with Gasteiger partial charge < -0.3 is 33.8 Å².